The number of hydrogen-bond acceptors (Lipinski definition) is 7. The van der Waals surface area contributed by atoms with E-state index in [4.69, 9.17) is 9.15 Å². The SMILES string of the molecule is CCCCc1oc2ccc(NS(C)(=O)=O)cc2c1C(=O)c1ccc(OCCCN(CCCC)CCCC)cc1.[Cs+].[OH-]. The second-order valence-electron chi connectivity index (χ2n) is 10.2. The Labute approximate surface area is 304 Å². The van der Waals surface area contributed by atoms with Crippen LogP contribution in [0.2, 0.25) is 0 Å². The fourth-order valence-corrected chi connectivity index (χ4v) is 5.17. The van der Waals surface area contributed by atoms with Crippen LogP contribution in [-0.4, -0.2) is 57.1 Å². The molecule has 0 radical (unpaired) electrons. The first-order valence-electron chi connectivity index (χ1n) is 14.3. The number of sulfonamides is 1. The van der Waals surface area contributed by atoms with Crippen LogP contribution in [0.1, 0.15) is 87.4 Å². The molecule has 10 heteroatoms. The van der Waals surface area contributed by atoms with Crippen LogP contribution in [0.3, 0.4) is 0 Å². The third-order valence-electron chi connectivity index (χ3n) is 6.71. The Balaban J connectivity index is 0.00000420. The molecule has 41 heavy (non-hydrogen) atoms. The first kappa shape index (κ1) is 38.2. The van der Waals surface area contributed by atoms with Gasteiger partial charge in [0.25, 0.3) is 0 Å². The number of anilines is 1. The van der Waals surface area contributed by atoms with E-state index >= 15 is 0 Å². The Morgan fingerprint density at radius 1 is 0.902 bits per heavy atom. The van der Waals surface area contributed by atoms with Crippen molar-refractivity contribution in [1.29, 1.82) is 0 Å². The van der Waals surface area contributed by atoms with E-state index in [1.54, 1.807) is 30.3 Å². The molecule has 0 atom stereocenters. The second-order valence-corrected chi connectivity index (χ2v) is 11.9. The zero-order valence-corrected chi connectivity index (χ0v) is 32.5. The van der Waals surface area contributed by atoms with Crippen LogP contribution in [0.25, 0.3) is 11.0 Å². The first-order valence-corrected chi connectivity index (χ1v) is 16.2. The molecule has 1 heterocycles. The molecule has 0 aliphatic carbocycles. The summed E-state index contributed by atoms with van der Waals surface area (Å²) in [5.41, 5.74) is 1.99. The molecule has 0 saturated heterocycles. The fraction of sp³-hybridized carbons (Fsp3) is 0.516. The Hall–Kier alpha value is -0.828. The predicted molar refractivity (Wildman–Crippen MR) is 161 cm³/mol. The average Bonchev–Trinajstić information content (AvgIpc) is 3.27. The van der Waals surface area contributed by atoms with E-state index in [0.717, 1.165) is 50.9 Å². The Morgan fingerprint density at radius 3 is 2.10 bits per heavy atom. The molecule has 0 fully saturated rings. The number of nitrogens with one attached hydrogen (secondary N) is 1. The van der Waals surface area contributed by atoms with Crippen LogP contribution >= 0.6 is 0 Å². The minimum atomic E-state index is -3.45. The number of furan rings is 1. The average molecular weight is 707 g/mol. The minimum absolute atomic E-state index is 0. The number of rotatable bonds is 18. The maximum atomic E-state index is 13.7. The molecule has 3 aromatic rings. The quantitative estimate of drug-likeness (QED) is 0.158. The van der Waals surface area contributed by atoms with Crippen LogP contribution in [0.5, 0.6) is 5.75 Å². The number of carbonyl (C=O) groups excluding carboxylic acids is 1. The molecule has 8 nitrogen and oxygen atoms in total. The summed E-state index contributed by atoms with van der Waals surface area (Å²) in [6, 6.07) is 12.3. The Kier molecular flexibility index (Phi) is 18.1. The third kappa shape index (κ3) is 12.4. The number of carbonyl (C=O) groups is 1. The minimum Gasteiger partial charge on any atom is -0.870 e. The zero-order chi connectivity index (χ0) is 28.3. The van der Waals surface area contributed by atoms with Crippen LogP contribution in [0.15, 0.2) is 46.9 Å². The zero-order valence-electron chi connectivity index (χ0n) is 25.4. The summed E-state index contributed by atoms with van der Waals surface area (Å²) >= 11 is 0. The van der Waals surface area contributed by atoms with Crippen molar-refractivity contribution in [2.75, 3.05) is 37.2 Å². The molecular weight excluding hydrogens is 661 g/mol. The standard InChI is InChI=1S/C31H44N2O5S.Cs.H2O/c1-5-8-12-29-30(27-23-25(32-39(4,35)36)15-18-28(27)38-29)31(34)24-13-16-26(17-14-24)37-22-11-21-33(19-9-6-2)20-10-7-3;;/h13-18,23,32H,5-12,19-22H2,1-4H3;;1H2/q;+1;/p-1. The van der Waals surface area contributed by atoms with E-state index < -0.39 is 10.0 Å². The summed E-state index contributed by atoms with van der Waals surface area (Å²) in [4.78, 5) is 16.2. The maximum absolute atomic E-state index is 13.7. The second kappa shape index (κ2) is 19.4. The van der Waals surface area contributed by atoms with Gasteiger partial charge in [0.15, 0.2) is 5.78 Å². The summed E-state index contributed by atoms with van der Waals surface area (Å²) in [6.07, 6.45) is 9.40. The van der Waals surface area contributed by atoms with Crippen molar-refractivity contribution in [3.8, 4) is 5.75 Å². The van der Waals surface area contributed by atoms with Gasteiger partial charge in [0.1, 0.15) is 17.1 Å². The number of unbranched alkanes of at least 4 members (excludes halogenated alkanes) is 3. The normalized spacial score (nSPS) is 11.2. The van der Waals surface area contributed by atoms with Gasteiger partial charge in [-0.15, -0.1) is 0 Å². The largest absolute Gasteiger partial charge is 1.00 e. The number of ether oxygens (including phenoxy) is 1. The van der Waals surface area contributed by atoms with Crippen LogP contribution in [0.4, 0.5) is 5.69 Å². The monoisotopic (exact) mass is 706 g/mol. The number of hydrogen-bond donors (Lipinski definition) is 1. The van der Waals surface area contributed by atoms with Crippen LogP contribution < -0.4 is 78.4 Å². The van der Waals surface area contributed by atoms with Gasteiger partial charge in [-0.1, -0.05) is 40.0 Å². The van der Waals surface area contributed by atoms with Gasteiger partial charge in [-0.05, 0) is 81.2 Å². The number of ketones is 1. The van der Waals surface area contributed by atoms with Crippen molar-refractivity contribution >= 4 is 32.5 Å². The van der Waals surface area contributed by atoms with E-state index in [1.807, 2.05) is 12.1 Å². The number of aryl methyl sites for hydroxylation is 1. The Bertz CT molecular complexity index is 1300. The third-order valence-corrected chi connectivity index (χ3v) is 7.31. The van der Waals surface area contributed by atoms with Gasteiger partial charge in [0, 0.05) is 29.6 Å². The summed E-state index contributed by atoms with van der Waals surface area (Å²) in [5.74, 6) is 1.22. The summed E-state index contributed by atoms with van der Waals surface area (Å²) in [7, 11) is -3.45. The molecule has 0 amide bonds. The van der Waals surface area contributed by atoms with E-state index in [1.165, 1.54) is 25.7 Å². The smallest absolute Gasteiger partial charge is 0.870 e. The molecule has 2 aromatic carbocycles. The molecule has 0 bridgehead atoms. The summed E-state index contributed by atoms with van der Waals surface area (Å²) in [5, 5.41) is 0.607. The summed E-state index contributed by atoms with van der Waals surface area (Å²) in [6.45, 7) is 10.5. The molecule has 0 aliphatic heterocycles. The van der Waals surface area contributed by atoms with Gasteiger partial charge < -0.3 is 19.5 Å². The molecule has 0 saturated carbocycles. The number of benzene rings is 2. The van der Waals surface area contributed by atoms with Gasteiger partial charge in [0.2, 0.25) is 10.0 Å². The van der Waals surface area contributed by atoms with Crippen molar-refractivity contribution in [3.63, 3.8) is 0 Å². The van der Waals surface area contributed by atoms with Gasteiger partial charge in [-0.25, -0.2) is 8.42 Å². The molecule has 0 spiro atoms. The van der Waals surface area contributed by atoms with Crippen LogP contribution in [0, 0.1) is 0 Å². The van der Waals surface area contributed by atoms with Crippen molar-refractivity contribution in [3.05, 3.63) is 59.4 Å². The van der Waals surface area contributed by atoms with Gasteiger partial charge in [0.05, 0.1) is 18.4 Å². The van der Waals surface area contributed by atoms with E-state index in [2.05, 4.69) is 30.4 Å². The predicted octanol–water partition coefficient (Wildman–Crippen LogP) is 3.88. The van der Waals surface area contributed by atoms with Crippen molar-refractivity contribution in [2.45, 2.75) is 72.1 Å². The van der Waals surface area contributed by atoms with Gasteiger partial charge >= 0.3 is 68.9 Å². The summed E-state index contributed by atoms with van der Waals surface area (Å²) < 4.78 is 38.0. The van der Waals surface area contributed by atoms with Crippen molar-refractivity contribution in [1.82, 2.24) is 4.90 Å². The molecular formula is C31H45CsN2O6S. The number of nitrogens with zero attached hydrogens (tertiary/aromatic N) is 1. The number of fused-ring (bicyclic) bond motifs is 1. The topological polar surface area (TPSA) is 119 Å². The molecule has 3 rings (SSSR count). The van der Waals surface area contributed by atoms with Crippen molar-refractivity contribution in [2.24, 2.45) is 0 Å². The molecule has 2 N–H and O–H groups in total. The first-order chi connectivity index (χ1) is 18.8. The fourth-order valence-electron chi connectivity index (χ4n) is 4.61. The Morgan fingerprint density at radius 2 is 1.51 bits per heavy atom. The maximum Gasteiger partial charge on any atom is 1.00 e. The molecule has 1 aromatic heterocycles. The van der Waals surface area contributed by atoms with Crippen LogP contribution in [-0.2, 0) is 16.4 Å². The van der Waals surface area contributed by atoms with Gasteiger partial charge in [-0.3, -0.25) is 9.52 Å². The molecule has 0 aliphatic rings. The van der Waals surface area contributed by atoms with E-state index in [-0.39, 0.29) is 80.2 Å². The molecule has 222 valence electrons. The van der Waals surface area contributed by atoms with E-state index in [9.17, 15) is 13.2 Å². The van der Waals surface area contributed by atoms with E-state index in [0.29, 0.717) is 46.6 Å². The van der Waals surface area contributed by atoms with Gasteiger partial charge in [-0.2, -0.15) is 0 Å². The molecule has 0 unspecified atom stereocenters. The van der Waals surface area contributed by atoms with Crippen molar-refractivity contribution < 1.29 is 96.7 Å².